The topological polar surface area (TPSA) is 0 Å². The quantitative estimate of drug-likeness (QED) is 0.484. The number of hydrogen-bond acceptors (Lipinski definition) is 0. The summed E-state index contributed by atoms with van der Waals surface area (Å²) in [6.07, 6.45) is 8.24. The van der Waals surface area contributed by atoms with Crippen LogP contribution >= 0.6 is 0 Å². The van der Waals surface area contributed by atoms with Gasteiger partial charge in [-0.15, -0.1) is 0 Å². The second-order valence-corrected chi connectivity index (χ2v) is 4.30. The van der Waals surface area contributed by atoms with Gasteiger partial charge in [-0.05, 0) is 42.9 Å². The molecule has 10 heavy (non-hydrogen) atoms. The summed E-state index contributed by atoms with van der Waals surface area (Å²) >= 11 is 0. The van der Waals surface area contributed by atoms with Crippen LogP contribution in [0.3, 0.4) is 0 Å². The molecule has 3 unspecified atom stereocenters. The van der Waals surface area contributed by atoms with E-state index in [4.69, 9.17) is 0 Å². The van der Waals surface area contributed by atoms with Crippen molar-refractivity contribution >= 4 is 0 Å². The number of allylic oxidation sites excluding steroid dienone is 2. The zero-order valence-electron chi connectivity index (χ0n) is 6.56. The third-order valence-corrected chi connectivity index (χ3v) is 3.82. The maximum Gasteiger partial charge on any atom is -0.0192 e. The molecule has 0 heteroatoms. The molecule has 0 aromatic heterocycles. The van der Waals surface area contributed by atoms with Gasteiger partial charge in [0.25, 0.3) is 0 Å². The lowest BCUT2D eigenvalue weighted by Crippen LogP contribution is -1.85. The minimum absolute atomic E-state index is 0.932. The molecule has 0 saturated heterocycles. The average Bonchev–Trinajstić information content (AvgIpc) is 2.69. The van der Waals surface area contributed by atoms with Gasteiger partial charge in [0.2, 0.25) is 0 Å². The molecule has 1 spiro atoms. The van der Waals surface area contributed by atoms with Crippen LogP contribution in [0.15, 0.2) is 11.6 Å². The molecule has 3 fully saturated rings. The highest BCUT2D eigenvalue weighted by Crippen LogP contribution is 2.87. The zero-order valence-corrected chi connectivity index (χ0v) is 6.56. The van der Waals surface area contributed by atoms with Crippen molar-refractivity contribution in [1.29, 1.82) is 0 Å². The van der Waals surface area contributed by atoms with E-state index in [9.17, 15) is 0 Å². The molecule has 0 bridgehead atoms. The predicted octanol–water partition coefficient (Wildman–Crippen LogP) is 2.75. The normalized spacial score (nSPS) is 58.3. The van der Waals surface area contributed by atoms with Crippen molar-refractivity contribution in [3.05, 3.63) is 11.6 Å². The van der Waals surface area contributed by atoms with Gasteiger partial charge in [-0.25, -0.2) is 0 Å². The molecule has 0 aromatic carbocycles. The van der Waals surface area contributed by atoms with Gasteiger partial charge in [-0.3, -0.25) is 0 Å². The van der Waals surface area contributed by atoms with E-state index in [0.29, 0.717) is 0 Å². The van der Waals surface area contributed by atoms with Crippen LogP contribution in [0.5, 0.6) is 0 Å². The lowest BCUT2D eigenvalue weighted by molar-refractivity contribution is 0.563. The van der Waals surface area contributed by atoms with Crippen molar-refractivity contribution in [1.82, 2.24) is 0 Å². The van der Waals surface area contributed by atoms with E-state index in [-0.39, 0.29) is 0 Å². The van der Waals surface area contributed by atoms with Crippen LogP contribution in [0.1, 0.15) is 32.6 Å². The van der Waals surface area contributed by atoms with Gasteiger partial charge in [-0.2, -0.15) is 0 Å². The first kappa shape index (κ1) is 5.40. The summed E-state index contributed by atoms with van der Waals surface area (Å²) < 4.78 is 0. The Balaban J connectivity index is 1.79. The van der Waals surface area contributed by atoms with Gasteiger partial charge in [0.1, 0.15) is 0 Å². The minimum atomic E-state index is 0.932. The lowest BCUT2D eigenvalue weighted by Gasteiger charge is -1.95. The third-order valence-electron chi connectivity index (χ3n) is 3.82. The summed E-state index contributed by atoms with van der Waals surface area (Å²) in [4.78, 5) is 0. The minimum Gasteiger partial charge on any atom is -0.0856 e. The summed E-state index contributed by atoms with van der Waals surface area (Å²) in [7, 11) is 0. The Labute approximate surface area is 62.3 Å². The number of rotatable bonds is 1. The molecule has 0 heterocycles. The van der Waals surface area contributed by atoms with E-state index in [1.807, 2.05) is 0 Å². The summed E-state index contributed by atoms with van der Waals surface area (Å²) in [6.45, 7) is 2.25. The van der Waals surface area contributed by atoms with E-state index < -0.39 is 0 Å². The highest BCUT2D eigenvalue weighted by Gasteiger charge is 2.80. The van der Waals surface area contributed by atoms with Crippen molar-refractivity contribution in [2.24, 2.45) is 17.3 Å². The molecule has 3 rings (SSSR count). The average molecular weight is 134 g/mol. The van der Waals surface area contributed by atoms with Crippen molar-refractivity contribution < 1.29 is 0 Å². The monoisotopic (exact) mass is 134 g/mol. The van der Waals surface area contributed by atoms with Crippen LogP contribution in [-0.2, 0) is 0 Å². The van der Waals surface area contributed by atoms with E-state index in [1.54, 1.807) is 12.0 Å². The van der Waals surface area contributed by atoms with E-state index in [0.717, 1.165) is 5.41 Å². The van der Waals surface area contributed by atoms with Gasteiger partial charge >= 0.3 is 0 Å². The fourth-order valence-electron chi connectivity index (χ4n) is 3.06. The summed E-state index contributed by atoms with van der Waals surface area (Å²) in [5, 5.41) is 0. The molecule has 0 N–H and O–H groups in total. The van der Waals surface area contributed by atoms with Crippen LogP contribution in [-0.4, -0.2) is 0 Å². The van der Waals surface area contributed by atoms with Crippen LogP contribution in [0.2, 0.25) is 0 Å². The molecule has 0 radical (unpaired) electrons. The fraction of sp³-hybridized carbons (Fsp3) is 0.800. The van der Waals surface area contributed by atoms with E-state index >= 15 is 0 Å². The van der Waals surface area contributed by atoms with Crippen molar-refractivity contribution in [2.75, 3.05) is 0 Å². The zero-order chi connectivity index (χ0) is 6.77. The number of hydrogen-bond donors (Lipinski definition) is 0. The molecule has 0 aromatic rings. The molecule has 3 aliphatic rings. The predicted molar refractivity (Wildman–Crippen MR) is 41.6 cm³/mol. The molecule has 3 saturated carbocycles. The molecule has 0 amide bonds. The molecular weight excluding hydrogens is 120 g/mol. The Morgan fingerprint density at radius 3 is 3.00 bits per heavy atom. The maximum atomic E-state index is 2.45. The van der Waals surface area contributed by atoms with E-state index in [1.165, 1.54) is 31.1 Å². The van der Waals surface area contributed by atoms with Crippen molar-refractivity contribution in [2.45, 2.75) is 32.6 Å². The standard InChI is InChI=1S/C10H14/c1-2-3-7-4-8-9-6-10(8,9)5-7/h3,8-9H,2,4-6H2,1H3/b7-3+. The van der Waals surface area contributed by atoms with Gasteiger partial charge in [0.15, 0.2) is 0 Å². The van der Waals surface area contributed by atoms with Gasteiger partial charge in [0.05, 0.1) is 0 Å². The van der Waals surface area contributed by atoms with Crippen LogP contribution in [0, 0.1) is 17.3 Å². The van der Waals surface area contributed by atoms with Crippen molar-refractivity contribution in [3.8, 4) is 0 Å². The molecular formula is C10H14. The second-order valence-electron chi connectivity index (χ2n) is 4.30. The Hall–Kier alpha value is -0.260. The maximum absolute atomic E-state index is 2.45. The summed E-state index contributed by atoms with van der Waals surface area (Å²) in [5.74, 6) is 2.38. The van der Waals surface area contributed by atoms with Gasteiger partial charge in [0, 0.05) is 0 Å². The first-order valence-corrected chi connectivity index (χ1v) is 4.55. The first-order valence-electron chi connectivity index (χ1n) is 4.55. The van der Waals surface area contributed by atoms with Crippen LogP contribution in [0.25, 0.3) is 0 Å². The van der Waals surface area contributed by atoms with Gasteiger partial charge < -0.3 is 0 Å². The Morgan fingerprint density at radius 1 is 1.60 bits per heavy atom. The number of fused-ring (bicyclic) bond motifs is 1. The first-order chi connectivity index (χ1) is 4.87. The molecule has 3 aliphatic carbocycles. The third kappa shape index (κ3) is 0.426. The largest absolute Gasteiger partial charge is 0.0856 e. The Kier molecular flexibility index (Phi) is 0.725. The lowest BCUT2D eigenvalue weighted by atomic mass is 10.1. The highest BCUT2D eigenvalue weighted by atomic mass is 14.8. The summed E-state index contributed by atoms with van der Waals surface area (Å²) in [5.41, 5.74) is 2.71. The molecule has 3 atom stereocenters. The van der Waals surface area contributed by atoms with Crippen LogP contribution in [0.4, 0.5) is 0 Å². The Bertz CT molecular complexity index is 214. The smallest absolute Gasteiger partial charge is 0.0192 e. The molecule has 54 valence electrons. The van der Waals surface area contributed by atoms with Gasteiger partial charge in [-0.1, -0.05) is 18.6 Å². The Morgan fingerprint density at radius 2 is 2.50 bits per heavy atom. The van der Waals surface area contributed by atoms with Crippen LogP contribution < -0.4 is 0 Å². The van der Waals surface area contributed by atoms with E-state index in [2.05, 4.69) is 13.0 Å². The SMILES string of the molecule is CC/C=C1\CC2C3CC23C1. The molecule has 0 nitrogen and oxygen atoms in total. The van der Waals surface area contributed by atoms with Crippen molar-refractivity contribution in [3.63, 3.8) is 0 Å². The molecule has 0 aliphatic heterocycles. The fourth-order valence-corrected chi connectivity index (χ4v) is 3.06. The summed E-state index contributed by atoms with van der Waals surface area (Å²) in [6, 6.07) is 0. The highest BCUT2D eigenvalue weighted by molar-refractivity contribution is 5.37. The second kappa shape index (κ2) is 1.34.